The third kappa shape index (κ3) is 4.52. The van der Waals surface area contributed by atoms with Crippen LogP contribution in [-0.2, 0) is 5.60 Å². The first kappa shape index (κ1) is 21.6. The van der Waals surface area contributed by atoms with Crippen LogP contribution in [0.15, 0.2) is 59.1 Å². The highest BCUT2D eigenvalue weighted by molar-refractivity contribution is 9.10. The molecule has 2 nitrogen and oxygen atoms in total. The summed E-state index contributed by atoms with van der Waals surface area (Å²) < 4.78 is 1.00. The molecular formula is C27H32BrNO. The van der Waals surface area contributed by atoms with Crippen LogP contribution in [-0.4, -0.2) is 29.1 Å². The first-order valence-corrected chi connectivity index (χ1v) is 11.7. The van der Waals surface area contributed by atoms with Gasteiger partial charge >= 0.3 is 0 Å². The lowest BCUT2D eigenvalue weighted by Gasteiger charge is -2.39. The van der Waals surface area contributed by atoms with Gasteiger partial charge in [-0.05, 0) is 53.4 Å². The molecule has 3 heteroatoms. The summed E-state index contributed by atoms with van der Waals surface area (Å²) in [6.07, 6.45) is 4.25. The molecule has 3 atom stereocenters. The zero-order valence-corrected chi connectivity index (χ0v) is 19.9. The van der Waals surface area contributed by atoms with Crippen LogP contribution in [0.4, 0.5) is 0 Å². The van der Waals surface area contributed by atoms with Gasteiger partial charge in [-0.2, -0.15) is 0 Å². The van der Waals surface area contributed by atoms with Crippen molar-refractivity contribution >= 4 is 15.9 Å². The molecule has 1 aliphatic heterocycles. The van der Waals surface area contributed by atoms with E-state index in [1.54, 1.807) is 0 Å². The Balaban J connectivity index is 1.51. The lowest BCUT2D eigenvalue weighted by atomic mass is 9.65. The molecule has 2 aliphatic rings. The summed E-state index contributed by atoms with van der Waals surface area (Å²) in [5.41, 5.74) is 1.50. The van der Waals surface area contributed by atoms with Crippen molar-refractivity contribution in [3.8, 4) is 11.8 Å². The van der Waals surface area contributed by atoms with Gasteiger partial charge in [0.1, 0.15) is 5.60 Å². The van der Waals surface area contributed by atoms with Crippen molar-refractivity contribution in [1.82, 2.24) is 4.90 Å². The Bertz CT molecular complexity index is 942. The second kappa shape index (κ2) is 8.15. The maximum absolute atomic E-state index is 11.7. The second-order valence-corrected chi connectivity index (χ2v) is 11.3. The molecule has 0 aromatic heterocycles. The molecule has 1 saturated carbocycles. The largest absolute Gasteiger partial charge is 0.379 e. The summed E-state index contributed by atoms with van der Waals surface area (Å²) in [4.78, 5) is 2.57. The Morgan fingerprint density at radius 3 is 2.37 bits per heavy atom. The van der Waals surface area contributed by atoms with Gasteiger partial charge in [0, 0.05) is 23.5 Å². The van der Waals surface area contributed by atoms with Crippen molar-refractivity contribution in [2.24, 2.45) is 10.8 Å². The molecule has 158 valence electrons. The number of hydrogen-bond donors (Lipinski definition) is 1. The van der Waals surface area contributed by atoms with E-state index < -0.39 is 5.60 Å². The molecule has 1 heterocycles. The predicted octanol–water partition coefficient (Wildman–Crippen LogP) is 5.98. The summed E-state index contributed by atoms with van der Waals surface area (Å²) in [5.74, 6) is 6.72. The Labute approximate surface area is 189 Å². The Morgan fingerprint density at radius 1 is 1.00 bits per heavy atom. The third-order valence-electron chi connectivity index (χ3n) is 6.85. The van der Waals surface area contributed by atoms with Crippen molar-refractivity contribution in [1.29, 1.82) is 0 Å². The number of fused-ring (bicyclic) bond motifs is 2. The fourth-order valence-electron chi connectivity index (χ4n) is 5.92. The summed E-state index contributed by atoms with van der Waals surface area (Å²) in [6.45, 7) is 9.19. The van der Waals surface area contributed by atoms with E-state index in [2.05, 4.69) is 53.4 Å². The summed E-state index contributed by atoms with van der Waals surface area (Å²) in [6, 6.07) is 18.4. The summed E-state index contributed by atoms with van der Waals surface area (Å²) in [7, 11) is 0. The first-order valence-electron chi connectivity index (χ1n) is 10.9. The Hall–Kier alpha value is -1.60. The Morgan fingerprint density at radius 2 is 1.67 bits per heavy atom. The fourth-order valence-corrected chi connectivity index (χ4v) is 6.18. The van der Waals surface area contributed by atoms with E-state index in [0.717, 1.165) is 28.7 Å². The first-order chi connectivity index (χ1) is 14.2. The van der Waals surface area contributed by atoms with Gasteiger partial charge in [0.25, 0.3) is 0 Å². The molecule has 0 radical (unpaired) electrons. The number of hydrogen-bond acceptors (Lipinski definition) is 2. The minimum Gasteiger partial charge on any atom is -0.379 e. The molecule has 2 fully saturated rings. The number of likely N-dealkylation sites (tertiary alicyclic amines) is 1. The number of halogens is 1. The van der Waals surface area contributed by atoms with Crippen LogP contribution in [0, 0.1) is 22.7 Å². The van der Waals surface area contributed by atoms with Gasteiger partial charge in [0.05, 0.1) is 6.54 Å². The van der Waals surface area contributed by atoms with Gasteiger partial charge in [0.15, 0.2) is 0 Å². The lowest BCUT2D eigenvalue weighted by molar-refractivity contribution is 0.0864. The topological polar surface area (TPSA) is 23.5 Å². The van der Waals surface area contributed by atoms with Crippen molar-refractivity contribution in [2.45, 2.75) is 58.1 Å². The number of benzene rings is 2. The Kier molecular flexibility index (Phi) is 5.88. The van der Waals surface area contributed by atoms with Crippen molar-refractivity contribution in [3.63, 3.8) is 0 Å². The van der Waals surface area contributed by atoms with Gasteiger partial charge in [-0.1, -0.05) is 91.0 Å². The zero-order chi connectivity index (χ0) is 21.4. The molecule has 4 rings (SSSR count). The van der Waals surface area contributed by atoms with Crippen LogP contribution in [0.2, 0.25) is 0 Å². The van der Waals surface area contributed by atoms with Gasteiger partial charge in [-0.15, -0.1) is 0 Å². The van der Waals surface area contributed by atoms with E-state index >= 15 is 0 Å². The minimum atomic E-state index is -1.11. The number of rotatable bonds is 4. The maximum Gasteiger partial charge on any atom is 0.125 e. The van der Waals surface area contributed by atoms with Crippen molar-refractivity contribution in [2.75, 3.05) is 13.1 Å². The van der Waals surface area contributed by atoms with Crippen LogP contribution >= 0.6 is 15.9 Å². The highest BCUT2D eigenvalue weighted by Crippen LogP contribution is 2.52. The summed E-state index contributed by atoms with van der Waals surface area (Å²) >= 11 is 3.49. The van der Waals surface area contributed by atoms with Crippen molar-refractivity contribution in [3.05, 3.63) is 70.2 Å². The molecule has 2 aromatic carbocycles. The molecule has 2 aromatic rings. The normalized spacial score (nSPS) is 27.2. The minimum absolute atomic E-state index is 0.389. The van der Waals surface area contributed by atoms with Gasteiger partial charge in [-0.25, -0.2) is 0 Å². The van der Waals surface area contributed by atoms with E-state index in [1.165, 1.54) is 19.3 Å². The van der Waals surface area contributed by atoms with E-state index in [1.807, 2.05) is 54.6 Å². The van der Waals surface area contributed by atoms with Crippen LogP contribution in [0.5, 0.6) is 0 Å². The molecule has 0 unspecified atom stereocenters. The highest BCUT2D eigenvalue weighted by Gasteiger charge is 2.49. The quantitative estimate of drug-likeness (QED) is 0.561. The smallest absolute Gasteiger partial charge is 0.125 e. The zero-order valence-electron chi connectivity index (χ0n) is 18.3. The van der Waals surface area contributed by atoms with Crippen LogP contribution in [0.3, 0.4) is 0 Å². The molecule has 1 N–H and O–H groups in total. The highest BCUT2D eigenvalue weighted by atomic mass is 79.9. The molecule has 2 bridgehead atoms. The van der Waals surface area contributed by atoms with Crippen LogP contribution in [0.1, 0.15) is 57.6 Å². The van der Waals surface area contributed by atoms with Crippen LogP contribution < -0.4 is 0 Å². The van der Waals surface area contributed by atoms with Gasteiger partial charge in [0.2, 0.25) is 0 Å². The predicted molar refractivity (Wildman–Crippen MR) is 127 cm³/mol. The lowest BCUT2D eigenvalue weighted by Crippen LogP contribution is -2.34. The van der Waals surface area contributed by atoms with Gasteiger partial charge < -0.3 is 5.11 Å². The maximum atomic E-state index is 11.7. The van der Waals surface area contributed by atoms with Gasteiger partial charge in [-0.3, -0.25) is 4.90 Å². The van der Waals surface area contributed by atoms with E-state index in [9.17, 15) is 5.11 Å². The molecule has 1 aliphatic carbocycles. The molecular weight excluding hydrogens is 434 g/mol. The molecule has 30 heavy (non-hydrogen) atoms. The average Bonchev–Trinajstić information content (AvgIpc) is 2.94. The fraction of sp³-hybridized carbons (Fsp3) is 0.481. The average molecular weight is 466 g/mol. The third-order valence-corrected chi connectivity index (χ3v) is 7.38. The molecule has 1 saturated heterocycles. The standard InChI is InChI=1S/C27H32BrNO/c1-25(2)17-24-18-26(3,19-25)20-29(24)16-8-7-15-27(30,21-9-5-4-6-10-21)22-11-13-23(28)14-12-22/h4-6,9-14,24,30H,15-20H2,1-3H3/t24-,26+,27-/m0/s1. The van der Waals surface area contributed by atoms with Crippen molar-refractivity contribution < 1.29 is 5.11 Å². The SMILES string of the molecule is CC1(C)C[C@H]2C[C@@](C)(CN2CC#CC[C@](O)(c2ccccc2)c2ccc(Br)cc2)C1. The molecule has 0 amide bonds. The summed E-state index contributed by atoms with van der Waals surface area (Å²) in [5, 5.41) is 11.7. The van der Waals surface area contributed by atoms with E-state index in [-0.39, 0.29) is 0 Å². The van der Waals surface area contributed by atoms with Crippen LogP contribution in [0.25, 0.3) is 0 Å². The molecule has 0 spiro atoms. The second-order valence-electron chi connectivity index (χ2n) is 10.4. The monoisotopic (exact) mass is 465 g/mol. The van der Waals surface area contributed by atoms with E-state index in [4.69, 9.17) is 0 Å². The van der Waals surface area contributed by atoms with E-state index in [0.29, 0.717) is 23.3 Å². The number of nitrogens with zero attached hydrogens (tertiary/aromatic N) is 1. The number of aliphatic hydroxyl groups is 1.